The lowest BCUT2D eigenvalue weighted by Crippen LogP contribution is -2.24. The van der Waals surface area contributed by atoms with Crippen LogP contribution in [0, 0.1) is 0 Å². The molecule has 1 N–H and O–H groups in total. The molecule has 1 atom stereocenters. The maximum absolute atomic E-state index is 4.41. The molecule has 2 rings (SSSR count). The van der Waals surface area contributed by atoms with Gasteiger partial charge in [-0.25, -0.2) is 0 Å². The van der Waals surface area contributed by atoms with Gasteiger partial charge in [0.1, 0.15) is 0 Å². The summed E-state index contributed by atoms with van der Waals surface area (Å²) in [6, 6.07) is 6.23. The van der Waals surface area contributed by atoms with Crippen molar-refractivity contribution in [2.45, 2.75) is 19.4 Å². The van der Waals surface area contributed by atoms with Gasteiger partial charge in [0.05, 0.1) is 17.9 Å². The van der Waals surface area contributed by atoms with Crippen molar-refractivity contribution < 1.29 is 0 Å². The first-order valence-electron chi connectivity index (χ1n) is 6.16. The Morgan fingerprint density at radius 1 is 1.26 bits per heavy atom. The molecule has 5 heteroatoms. The summed E-state index contributed by atoms with van der Waals surface area (Å²) in [7, 11) is 0. The largest absolute Gasteiger partial charge is 0.305 e. The van der Waals surface area contributed by atoms with Crippen LogP contribution in [0.1, 0.15) is 30.6 Å². The second kappa shape index (κ2) is 7.12. The van der Waals surface area contributed by atoms with Gasteiger partial charge in [-0.1, -0.05) is 44.8 Å². The molecule has 0 aliphatic rings. The SMILES string of the molecule is CCCNC(c1cnccn1)c1ccc(Br)cc1Br. The zero-order valence-corrected chi connectivity index (χ0v) is 13.8. The Kier molecular flexibility index (Phi) is 5.48. The minimum atomic E-state index is 0.0520. The summed E-state index contributed by atoms with van der Waals surface area (Å²) in [5.41, 5.74) is 2.09. The van der Waals surface area contributed by atoms with Gasteiger partial charge in [0, 0.05) is 21.3 Å². The highest BCUT2D eigenvalue weighted by Crippen LogP contribution is 2.29. The molecular weight excluding hydrogens is 370 g/mol. The third-order valence-electron chi connectivity index (χ3n) is 2.75. The summed E-state index contributed by atoms with van der Waals surface area (Å²) in [6.45, 7) is 3.08. The van der Waals surface area contributed by atoms with Crippen LogP contribution in [0.15, 0.2) is 45.7 Å². The minimum Gasteiger partial charge on any atom is -0.305 e. The zero-order valence-electron chi connectivity index (χ0n) is 10.6. The van der Waals surface area contributed by atoms with E-state index in [1.54, 1.807) is 12.4 Å². The van der Waals surface area contributed by atoms with Crippen LogP contribution in [0.2, 0.25) is 0 Å². The molecule has 2 aromatic rings. The van der Waals surface area contributed by atoms with Crippen molar-refractivity contribution in [1.82, 2.24) is 15.3 Å². The van der Waals surface area contributed by atoms with Crippen LogP contribution in [-0.2, 0) is 0 Å². The molecule has 1 unspecified atom stereocenters. The molecular formula is C14H15Br2N3. The summed E-state index contributed by atoms with van der Waals surface area (Å²) >= 11 is 7.09. The van der Waals surface area contributed by atoms with E-state index in [-0.39, 0.29) is 6.04 Å². The topological polar surface area (TPSA) is 37.8 Å². The fourth-order valence-corrected chi connectivity index (χ4v) is 3.13. The normalized spacial score (nSPS) is 12.4. The molecule has 1 aromatic carbocycles. The number of aromatic nitrogens is 2. The van der Waals surface area contributed by atoms with E-state index < -0.39 is 0 Å². The first-order chi connectivity index (χ1) is 9.22. The van der Waals surface area contributed by atoms with Crippen molar-refractivity contribution in [1.29, 1.82) is 0 Å². The summed E-state index contributed by atoms with van der Waals surface area (Å²) in [5, 5.41) is 3.51. The van der Waals surface area contributed by atoms with Crippen LogP contribution < -0.4 is 5.32 Å². The van der Waals surface area contributed by atoms with Crippen molar-refractivity contribution >= 4 is 31.9 Å². The summed E-state index contributed by atoms with van der Waals surface area (Å²) < 4.78 is 2.11. The maximum Gasteiger partial charge on any atom is 0.0801 e. The van der Waals surface area contributed by atoms with Crippen molar-refractivity contribution in [3.63, 3.8) is 0 Å². The van der Waals surface area contributed by atoms with Crippen LogP contribution in [0.3, 0.4) is 0 Å². The molecule has 0 saturated carbocycles. The number of benzene rings is 1. The first kappa shape index (κ1) is 14.6. The van der Waals surface area contributed by atoms with E-state index in [9.17, 15) is 0 Å². The quantitative estimate of drug-likeness (QED) is 0.843. The standard InChI is InChI=1S/C14H15Br2N3/c1-2-5-19-14(13-9-17-6-7-18-13)11-4-3-10(15)8-12(11)16/h3-4,6-9,14,19H,2,5H2,1H3. The van der Waals surface area contributed by atoms with E-state index in [1.807, 2.05) is 18.3 Å². The first-order valence-corrected chi connectivity index (χ1v) is 7.75. The Morgan fingerprint density at radius 2 is 2.11 bits per heavy atom. The molecule has 0 spiro atoms. The number of hydrogen-bond donors (Lipinski definition) is 1. The smallest absolute Gasteiger partial charge is 0.0801 e. The fourth-order valence-electron chi connectivity index (χ4n) is 1.86. The number of halogens is 2. The molecule has 0 saturated heterocycles. The second-order valence-corrected chi connectivity index (χ2v) is 5.95. The van der Waals surface area contributed by atoms with Crippen LogP contribution in [-0.4, -0.2) is 16.5 Å². The highest BCUT2D eigenvalue weighted by Gasteiger charge is 2.17. The van der Waals surface area contributed by atoms with Crippen LogP contribution >= 0.6 is 31.9 Å². The Balaban J connectivity index is 2.37. The van der Waals surface area contributed by atoms with E-state index in [1.165, 1.54) is 0 Å². The second-order valence-electron chi connectivity index (χ2n) is 4.18. The summed E-state index contributed by atoms with van der Waals surface area (Å²) in [4.78, 5) is 8.57. The van der Waals surface area contributed by atoms with Crippen molar-refractivity contribution in [3.8, 4) is 0 Å². The molecule has 3 nitrogen and oxygen atoms in total. The van der Waals surface area contributed by atoms with Crippen LogP contribution in [0.4, 0.5) is 0 Å². The van der Waals surface area contributed by atoms with E-state index in [0.717, 1.165) is 33.2 Å². The number of rotatable bonds is 5. The third kappa shape index (κ3) is 3.84. The third-order valence-corrected chi connectivity index (χ3v) is 3.93. The van der Waals surface area contributed by atoms with Crippen LogP contribution in [0.5, 0.6) is 0 Å². The highest BCUT2D eigenvalue weighted by molar-refractivity contribution is 9.11. The Labute approximate surface area is 130 Å². The molecule has 0 aliphatic heterocycles. The average molecular weight is 385 g/mol. The Bertz CT molecular complexity index is 531. The molecule has 0 amide bonds. The van der Waals surface area contributed by atoms with E-state index >= 15 is 0 Å². The van der Waals surface area contributed by atoms with Gasteiger partial charge in [-0.15, -0.1) is 0 Å². The van der Waals surface area contributed by atoms with Gasteiger partial charge >= 0.3 is 0 Å². The Hall–Kier alpha value is -0.780. The van der Waals surface area contributed by atoms with Crippen molar-refractivity contribution in [2.75, 3.05) is 6.54 Å². The van der Waals surface area contributed by atoms with Crippen LogP contribution in [0.25, 0.3) is 0 Å². The lowest BCUT2D eigenvalue weighted by Gasteiger charge is -2.19. The van der Waals surface area contributed by atoms with Gasteiger partial charge in [-0.2, -0.15) is 0 Å². The van der Waals surface area contributed by atoms with Gasteiger partial charge in [0.25, 0.3) is 0 Å². The highest BCUT2D eigenvalue weighted by atomic mass is 79.9. The number of nitrogens with one attached hydrogen (secondary N) is 1. The Morgan fingerprint density at radius 3 is 2.74 bits per heavy atom. The van der Waals surface area contributed by atoms with Gasteiger partial charge in [0.2, 0.25) is 0 Å². The van der Waals surface area contributed by atoms with Crippen molar-refractivity contribution in [2.24, 2.45) is 0 Å². The molecule has 0 fully saturated rings. The predicted molar refractivity (Wildman–Crippen MR) is 84.0 cm³/mol. The minimum absolute atomic E-state index is 0.0520. The van der Waals surface area contributed by atoms with E-state index in [2.05, 4.69) is 60.1 Å². The van der Waals surface area contributed by atoms with Gasteiger partial charge < -0.3 is 5.32 Å². The fraction of sp³-hybridized carbons (Fsp3) is 0.286. The lowest BCUT2D eigenvalue weighted by molar-refractivity contribution is 0.582. The average Bonchev–Trinajstić information content (AvgIpc) is 2.42. The number of hydrogen-bond acceptors (Lipinski definition) is 3. The summed E-state index contributed by atoms with van der Waals surface area (Å²) in [5.74, 6) is 0. The van der Waals surface area contributed by atoms with E-state index in [0.29, 0.717) is 0 Å². The van der Waals surface area contributed by atoms with E-state index in [4.69, 9.17) is 0 Å². The summed E-state index contributed by atoms with van der Waals surface area (Å²) in [6.07, 6.45) is 6.30. The molecule has 19 heavy (non-hydrogen) atoms. The molecule has 0 bridgehead atoms. The van der Waals surface area contributed by atoms with Gasteiger partial charge in [0.15, 0.2) is 0 Å². The molecule has 1 aromatic heterocycles. The van der Waals surface area contributed by atoms with Gasteiger partial charge in [-0.3, -0.25) is 9.97 Å². The molecule has 0 aliphatic carbocycles. The zero-order chi connectivity index (χ0) is 13.7. The molecule has 1 heterocycles. The number of nitrogens with zero attached hydrogens (tertiary/aromatic N) is 2. The lowest BCUT2D eigenvalue weighted by atomic mass is 10.0. The molecule has 0 radical (unpaired) electrons. The molecule has 100 valence electrons. The predicted octanol–water partition coefficient (Wildman–Crippen LogP) is 4.09. The monoisotopic (exact) mass is 383 g/mol. The van der Waals surface area contributed by atoms with Gasteiger partial charge in [-0.05, 0) is 30.7 Å². The maximum atomic E-state index is 4.41. The van der Waals surface area contributed by atoms with Crippen molar-refractivity contribution in [3.05, 3.63) is 57.0 Å².